The fourth-order valence-electron chi connectivity index (χ4n) is 3.16. The predicted octanol–water partition coefficient (Wildman–Crippen LogP) is 1.90. The Bertz CT molecular complexity index is 899. The summed E-state index contributed by atoms with van der Waals surface area (Å²) in [5.74, 6) is -1.10. The number of aromatic nitrogens is 1. The van der Waals surface area contributed by atoms with Crippen LogP contribution in [0.5, 0.6) is 0 Å². The molecular formula is C20H23FN4O3S. The van der Waals surface area contributed by atoms with E-state index in [-0.39, 0.29) is 41.9 Å². The molecule has 2 atom stereocenters. The van der Waals surface area contributed by atoms with Gasteiger partial charge in [0.25, 0.3) is 0 Å². The van der Waals surface area contributed by atoms with Crippen molar-refractivity contribution < 1.29 is 18.8 Å². The molecule has 1 aromatic carbocycles. The Kier molecular flexibility index (Phi) is 6.71. The molecule has 0 spiro atoms. The second-order valence-corrected chi connectivity index (χ2v) is 7.77. The Morgan fingerprint density at radius 3 is 2.72 bits per heavy atom. The molecule has 2 aromatic rings. The number of thiazole rings is 1. The number of benzene rings is 1. The van der Waals surface area contributed by atoms with E-state index in [2.05, 4.69) is 15.6 Å². The van der Waals surface area contributed by atoms with Crippen molar-refractivity contribution in [2.24, 2.45) is 0 Å². The molecule has 1 aliphatic heterocycles. The molecule has 0 saturated carbocycles. The SMILES string of the molecule is CN[C@@H](C)C(=O)NCC(=O)N1CCC[C@H]1c1nc(C(=O)c2ccc(F)cc2)cs1. The number of likely N-dealkylation sites (tertiary alicyclic amines) is 1. The van der Waals surface area contributed by atoms with Crippen LogP contribution in [0, 0.1) is 5.82 Å². The summed E-state index contributed by atoms with van der Waals surface area (Å²) in [6.45, 7) is 2.23. The molecule has 1 saturated heterocycles. The smallest absolute Gasteiger partial charge is 0.242 e. The van der Waals surface area contributed by atoms with Crippen molar-refractivity contribution in [1.29, 1.82) is 0 Å². The fourth-order valence-corrected chi connectivity index (χ4v) is 4.11. The first kappa shape index (κ1) is 21.1. The monoisotopic (exact) mass is 418 g/mol. The van der Waals surface area contributed by atoms with Crippen LogP contribution in [0.2, 0.25) is 0 Å². The molecule has 1 aliphatic rings. The van der Waals surface area contributed by atoms with Crippen LogP contribution in [-0.4, -0.2) is 53.7 Å². The number of nitrogens with zero attached hydrogens (tertiary/aromatic N) is 2. The maximum atomic E-state index is 13.1. The maximum absolute atomic E-state index is 13.1. The normalized spacial score (nSPS) is 17.2. The number of nitrogens with one attached hydrogen (secondary N) is 2. The summed E-state index contributed by atoms with van der Waals surface area (Å²) >= 11 is 1.33. The van der Waals surface area contributed by atoms with Crippen LogP contribution in [0.4, 0.5) is 4.39 Å². The highest BCUT2D eigenvalue weighted by atomic mass is 32.1. The lowest BCUT2D eigenvalue weighted by Crippen LogP contribution is -2.45. The Morgan fingerprint density at radius 2 is 2.03 bits per heavy atom. The van der Waals surface area contributed by atoms with Crippen LogP contribution in [0.25, 0.3) is 0 Å². The summed E-state index contributed by atoms with van der Waals surface area (Å²) in [5.41, 5.74) is 0.649. The van der Waals surface area contributed by atoms with Crippen molar-refractivity contribution in [3.63, 3.8) is 0 Å². The van der Waals surface area contributed by atoms with E-state index >= 15 is 0 Å². The standard InChI is InChI=1S/C20H23FN4O3S/c1-12(22-2)19(28)23-10-17(26)25-9-3-4-16(25)20-24-15(11-29-20)18(27)13-5-7-14(21)8-6-13/h5-8,11-12,16,22H,3-4,9-10H2,1-2H3,(H,23,28)/t12-,16-/m0/s1. The van der Waals surface area contributed by atoms with Crippen molar-refractivity contribution in [2.75, 3.05) is 20.1 Å². The minimum atomic E-state index is -0.406. The van der Waals surface area contributed by atoms with Crippen LogP contribution in [0.3, 0.4) is 0 Å². The van der Waals surface area contributed by atoms with Gasteiger partial charge in [-0.15, -0.1) is 11.3 Å². The van der Waals surface area contributed by atoms with Gasteiger partial charge in [0, 0.05) is 17.5 Å². The van der Waals surface area contributed by atoms with Gasteiger partial charge in [0.15, 0.2) is 0 Å². The molecule has 7 nitrogen and oxygen atoms in total. The third-order valence-electron chi connectivity index (χ3n) is 4.96. The molecule has 0 radical (unpaired) electrons. The van der Waals surface area contributed by atoms with Gasteiger partial charge in [-0.05, 0) is 51.1 Å². The number of hydrogen-bond acceptors (Lipinski definition) is 6. The van der Waals surface area contributed by atoms with Gasteiger partial charge in [-0.1, -0.05) is 0 Å². The lowest BCUT2D eigenvalue weighted by molar-refractivity contribution is -0.134. The molecule has 9 heteroatoms. The minimum Gasteiger partial charge on any atom is -0.346 e. The summed E-state index contributed by atoms with van der Waals surface area (Å²) in [5, 5.41) is 7.82. The summed E-state index contributed by atoms with van der Waals surface area (Å²) < 4.78 is 13.1. The number of likely N-dealkylation sites (N-methyl/N-ethyl adjacent to an activating group) is 1. The van der Waals surface area contributed by atoms with Gasteiger partial charge in [0.2, 0.25) is 17.6 Å². The molecule has 0 bridgehead atoms. The molecule has 29 heavy (non-hydrogen) atoms. The van der Waals surface area contributed by atoms with Crippen LogP contribution < -0.4 is 10.6 Å². The number of halogens is 1. The number of hydrogen-bond donors (Lipinski definition) is 2. The van der Waals surface area contributed by atoms with E-state index < -0.39 is 5.82 Å². The number of carbonyl (C=O) groups excluding carboxylic acids is 3. The molecular weight excluding hydrogens is 395 g/mol. The number of carbonyl (C=O) groups is 3. The number of ketones is 1. The highest BCUT2D eigenvalue weighted by molar-refractivity contribution is 7.10. The van der Waals surface area contributed by atoms with Crippen molar-refractivity contribution >= 4 is 28.9 Å². The third-order valence-corrected chi connectivity index (χ3v) is 5.91. The summed E-state index contributed by atoms with van der Waals surface area (Å²) in [4.78, 5) is 43.2. The molecule has 0 aliphatic carbocycles. The maximum Gasteiger partial charge on any atom is 0.242 e. The fraction of sp³-hybridized carbons (Fsp3) is 0.400. The van der Waals surface area contributed by atoms with E-state index in [0.29, 0.717) is 17.1 Å². The first-order chi connectivity index (χ1) is 13.9. The molecule has 2 heterocycles. The summed E-state index contributed by atoms with van der Waals surface area (Å²) in [6.07, 6.45) is 1.59. The second kappa shape index (κ2) is 9.23. The Labute approximate surface area is 172 Å². The van der Waals surface area contributed by atoms with Crippen molar-refractivity contribution in [2.45, 2.75) is 31.8 Å². The number of amides is 2. The van der Waals surface area contributed by atoms with Gasteiger partial charge in [0.05, 0.1) is 18.6 Å². The van der Waals surface area contributed by atoms with Crippen molar-refractivity contribution in [3.05, 3.63) is 51.7 Å². The van der Waals surface area contributed by atoms with E-state index in [1.54, 1.807) is 24.3 Å². The van der Waals surface area contributed by atoms with Crippen molar-refractivity contribution in [1.82, 2.24) is 20.5 Å². The van der Waals surface area contributed by atoms with Gasteiger partial charge in [-0.2, -0.15) is 0 Å². The van der Waals surface area contributed by atoms with E-state index in [1.807, 2.05) is 0 Å². The predicted molar refractivity (Wildman–Crippen MR) is 107 cm³/mol. The van der Waals surface area contributed by atoms with Crippen LogP contribution in [-0.2, 0) is 9.59 Å². The molecule has 1 fully saturated rings. The van der Waals surface area contributed by atoms with Crippen LogP contribution in [0.1, 0.15) is 46.9 Å². The third kappa shape index (κ3) is 4.86. The first-order valence-electron chi connectivity index (χ1n) is 9.41. The highest BCUT2D eigenvalue weighted by Gasteiger charge is 2.32. The van der Waals surface area contributed by atoms with Gasteiger partial charge in [0.1, 0.15) is 16.5 Å². The van der Waals surface area contributed by atoms with Gasteiger partial charge in [-0.25, -0.2) is 9.37 Å². The van der Waals surface area contributed by atoms with Crippen molar-refractivity contribution in [3.8, 4) is 0 Å². The Hall–Kier alpha value is -2.65. The van der Waals surface area contributed by atoms with Crippen LogP contribution in [0.15, 0.2) is 29.6 Å². The van der Waals surface area contributed by atoms with Crippen LogP contribution >= 0.6 is 11.3 Å². The highest BCUT2D eigenvalue weighted by Crippen LogP contribution is 2.34. The Morgan fingerprint density at radius 1 is 1.31 bits per heavy atom. The molecule has 2 N–H and O–H groups in total. The lowest BCUT2D eigenvalue weighted by atomic mass is 10.1. The topological polar surface area (TPSA) is 91.4 Å². The van der Waals surface area contributed by atoms with E-state index in [1.165, 1.54) is 35.6 Å². The quantitative estimate of drug-likeness (QED) is 0.670. The molecule has 2 amide bonds. The largest absolute Gasteiger partial charge is 0.346 e. The minimum absolute atomic E-state index is 0.0753. The van der Waals surface area contributed by atoms with Gasteiger partial charge >= 0.3 is 0 Å². The van der Waals surface area contributed by atoms with E-state index in [0.717, 1.165) is 12.8 Å². The molecule has 0 unspecified atom stereocenters. The first-order valence-corrected chi connectivity index (χ1v) is 10.3. The Balaban J connectivity index is 1.67. The summed E-state index contributed by atoms with van der Waals surface area (Å²) in [7, 11) is 1.68. The zero-order valence-electron chi connectivity index (χ0n) is 16.3. The van der Waals surface area contributed by atoms with Gasteiger partial charge in [-0.3, -0.25) is 14.4 Å². The average Bonchev–Trinajstić information content (AvgIpc) is 3.40. The average molecular weight is 418 g/mol. The molecule has 154 valence electrons. The zero-order chi connectivity index (χ0) is 21.0. The zero-order valence-corrected chi connectivity index (χ0v) is 17.1. The second-order valence-electron chi connectivity index (χ2n) is 6.88. The molecule has 3 rings (SSSR count). The van der Waals surface area contributed by atoms with E-state index in [4.69, 9.17) is 0 Å². The lowest BCUT2D eigenvalue weighted by Gasteiger charge is -2.23. The number of rotatable bonds is 7. The molecule has 1 aromatic heterocycles. The summed E-state index contributed by atoms with van der Waals surface area (Å²) in [6, 6.07) is 4.74. The van der Waals surface area contributed by atoms with E-state index in [9.17, 15) is 18.8 Å². The van der Waals surface area contributed by atoms with Gasteiger partial charge < -0.3 is 15.5 Å².